The molecule has 3 nitrogen and oxygen atoms in total. The molecule has 1 aromatic heterocycles. The second-order valence-electron chi connectivity index (χ2n) is 4.42. The number of fused-ring (bicyclic) bond motifs is 1. The zero-order valence-electron chi connectivity index (χ0n) is 10.4. The molecule has 0 aliphatic carbocycles. The monoisotopic (exact) mass is 338 g/mol. The molecule has 0 spiro atoms. The number of halogens is 3. The number of nitrogens with zero attached hydrogens (tertiary/aromatic N) is 1. The van der Waals surface area contributed by atoms with Crippen molar-refractivity contribution < 1.29 is 13.2 Å². The third-order valence-electron chi connectivity index (χ3n) is 2.98. The molecule has 2 N–H and O–H groups in total. The van der Waals surface area contributed by atoms with Gasteiger partial charge in [-0.1, -0.05) is 22.0 Å². The van der Waals surface area contributed by atoms with Gasteiger partial charge in [-0.25, -0.2) is 13.8 Å². The van der Waals surface area contributed by atoms with E-state index in [9.17, 15) is 8.78 Å². The number of benzene rings is 2. The standard InChI is InChI=1S/C14H9BrF2N2O/c1-6-2-3-8(16)11(12(6)17)14-19-10-5-7(15)4-9(18)13(10)20-14/h2-5H,18H2,1H3. The van der Waals surface area contributed by atoms with E-state index in [-0.39, 0.29) is 11.5 Å². The van der Waals surface area contributed by atoms with Crippen LogP contribution in [-0.4, -0.2) is 4.98 Å². The summed E-state index contributed by atoms with van der Waals surface area (Å²) in [5, 5.41) is 0. The number of rotatable bonds is 1. The maximum atomic E-state index is 14.1. The van der Waals surface area contributed by atoms with E-state index in [1.165, 1.54) is 12.1 Å². The molecule has 0 fully saturated rings. The van der Waals surface area contributed by atoms with Gasteiger partial charge in [-0.3, -0.25) is 0 Å². The number of oxazole rings is 1. The molecule has 20 heavy (non-hydrogen) atoms. The Morgan fingerprint density at radius 1 is 1.25 bits per heavy atom. The molecule has 2 aromatic carbocycles. The summed E-state index contributed by atoms with van der Waals surface area (Å²) in [7, 11) is 0. The van der Waals surface area contributed by atoms with E-state index in [0.29, 0.717) is 26.8 Å². The van der Waals surface area contributed by atoms with Gasteiger partial charge in [0.2, 0.25) is 5.89 Å². The third-order valence-corrected chi connectivity index (χ3v) is 3.44. The lowest BCUT2D eigenvalue weighted by Crippen LogP contribution is -1.93. The van der Waals surface area contributed by atoms with Crippen LogP contribution in [0.3, 0.4) is 0 Å². The molecule has 3 rings (SSSR count). The highest BCUT2D eigenvalue weighted by Crippen LogP contribution is 2.33. The average Bonchev–Trinajstić information content (AvgIpc) is 2.78. The van der Waals surface area contributed by atoms with E-state index in [4.69, 9.17) is 10.2 Å². The molecule has 0 atom stereocenters. The van der Waals surface area contributed by atoms with Gasteiger partial charge in [0.1, 0.15) is 22.7 Å². The van der Waals surface area contributed by atoms with Crippen molar-refractivity contribution in [2.45, 2.75) is 6.92 Å². The largest absolute Gasteiger partial charge is 0.434 e. The molecule has 0 bridgehead atoms. The Kier molecular flexibility index (Phi) is 2.97. The molecule has 0 radical (unpaired) electrons. The summed E-state index contributed by atoms with van der Waals surface area (Å²) >= 11 is 3.28. The summed E-state index contributed by atoms with van der Waals surface area (Å²) in [6, 6.07) is 5.86. The van der Waals surface area contributed by atoms with Crippen molar-refractivity contribution in [2.24, 2.45) is 0 Å². The number of aryl methyl sites for hydroxylation is 1. The fraction of sp³-hybridized carbons (Fsp3) is 0.0714. The number of nitrogen functional groups attached to an aromatic ring is 1. The highest BCUT2D eigenvalue weighted by atomic mass is 79.9. The average molecular weight is 339 g/mol. The number of hydrogen-bond acceptors (Lipinski definition) is 3. The van der Waals surface area contributed by atoms with Crippen LogP contribution in [0, 0.1) is 18.6 Å². The first-order chi connectivity index (χ1) is 9.47. The van der Waals surface area contributed by atoms with E-state index in [1.54, 1.807) is 19.1 Å². The fourth-order valence-electron chi connectivity index (χ4n) is 1.98. The Morgan fingerprint density at radius 3 is 2.75 bits per heavy atom. The summed E-state index contributed by atoms with van der Waals surface area (Å²) in [5.41, 5.74) is 6.93. The van der Waals surface area contributed by atoms with Crippen molar-refractivity contribution in [1.29, 1.82) is 0 Å². The molecule has 6 heteroatoms. The van der Waals surface area contributed by atoms with Gasteiger partial charge in [-0.15, -0.1) is 0 Å². The molecule has 3 aromatic rings. The summed E-state index contributed by atoms with van der Waals surface area (Å²) < 4.78 is 34.1. The molecule has 0 amide bonds. The van der Waals surface area contributed by atoms with Crippen LogP contribution >= 0.6 is 15.9 Å². The fourth-order valence-corrected chi connectivity index (χ4v) is 2.45. The lowest BCUT2D eigenvalue weighted by molar-refractivity contribution is 0.557. The van der Waals surface area contributed by atoms with Crippen LogP contribution in [0.4, 0.5) is 14.5 Å². The zero-order valence-corrected chi connectivity index (χ0v) is 12.0. The van der Waals surface area contributed by atoms with Crippen molar-refractivity contribution in [1.82, 2.24) is 4.98 Å². The molecule has 0 saturated heterocycles. The predicted molar refractivity (Wildman–Crippen MR) is 76.2 cm³/mol. The third kappa shape index (κ3) is 1.96. The van der Waals surface area contributed by atoms with E-state index >= 15 is 0 Å². The van der Waals surface area contributed by atoms with Crippen LogP contribution < -0.4 is 5.73 Å². The van der Waals surface area contributed by atoms with Gasteiger partial charge in [-0.05, 0) is 30.7 Å². The Bertz CT molecular complexity index is 830. The smallest absolute Gasteiger partial charge is 0.233 e. The molecule has 102 valence electrons. The maximum Gasteiger partial charge on any atom is 0.233 e. The van der Waals surface area contributed by atoms with Gasteiger partial charge in [0.05, 0.1) is 5.69 Å². The van der Waals surface area contributed by atoms with Crippen LogP contribution in [0.1, 0.15) is 5.56 Å². The zero-order chi connectivity index (χ0) is 14.4. The van der Waals surface area contributed by atoms with Crippen LogP contribution in [0.5, 0.6) is 0 Å². The lowest BCUT2D eigenvalue weighted by Gasteiger charge is -2.02. The van der Waals surface area contributed by atoms with Crippen molar-refractivity contribution in [3.05, 3.63) is 45.9 Å². The number of aromatic nitrogens is 1. The molecule has 0 unspecified atom stereocenters. The van der Waals surface area contributed by atoms with Gasteiger partial charge in [0, 0.05) is 4.47 Å². The van der Waals surface area contributed by atoms with Gasteiger partial charge < -0.3 is 10.2 Å². The minimum Gasteiger partial charge on any atom is -0.434 e. The van der Waals surface area contributed by atoms with Crippen molar-refractivity contribution in [2.75, 3.05) is 5.73 Å². The van der Waals surface area contributed by atoms with Gasteiger partial charge in [0.25, 0.3) is 0 Å². The van der Waals surface area contributed by atoms with E-state index in [0.717, 1.165) is 0 Å². The highest BCUT2D eigenvalue weighted by Gasteiger charge is 2.20. The van der Waals surface area contributed by atoms with Gasteiger partial charge >= 0.3 is 0 Å². The molecule has 0 aliphatic heterocycles. The summed E-state index contributed by atoms with van der Waals surface area (Å²) in [4.78, 5) is 4.11. The van der Waals surface area contributed by atoms with Crippen LogP contribution in [-0.2, 0) is 0 Å². The van der Waals surface area contributed by atoms with E-state index in [1.807, 2.05) is 0 Å². The Hall–Kier alpha value is -1.95. The highest BCUT2D eigenvalue weighted by molar-refractivity contribution is 9.10. The summed E-state index contributed by atoms with van der Waals surface area (Å²) in [5.74, 6) is -1.53. The summed E-state index contributed by atoms with van der Waals surface area (Å²) in [6.07, 6.45) is 0. The minimum atomic E-state index is -0.725. The topological polar surface area (TPSA) is 52.0 Å². The molecule has 0 aliphatic rings. The Labute approximate surface area is 121 Å². The van der Waals surface area contributed by atoms with E-state index in [2.05, 4.69) is 20.9 Å². The van der Waals surface area contributed by atoms with Crippen molar-refractivity contribution in [3.63, 3.8) is 0 Å². The van der Waals surface area contributed by atoms with Gasteiger partial charge in [0.15, 0.2) is 5.58 Å². The first-order valence-electron chi connectivity index (χ1n) is 5.78. The molecular weight excluding hydrogens is 330 g/mol. The number of anilines is 1. The molecular formula is C14H9BrF2N2O. The van der Waals surface area contributed by atoms with Crippen molar-refractivity contribution in [3.8, 4) is 11.5 Å². The first kappa shape index (κ1) is 13.1. The first-order valence-corrected chi connectivity index (χ1v) is 6.57. The second kappa shape index (κ2) is 4.56. The quantitative estimate of drug-likeness (QED) is 0.668. The minimum absolute atomic E-state index is 0.122. The van der Waals surface area contributed by atoms with Crippen LogP contribution in [0.25, 0.3) is 22.6 Å². The van der Waals surface area contributed by atoms with Crippen molar-refractivity contribution >= 4 is 32.7 Å². The number of hydrogen-bond donors (Lipinski definition) is 1. The van der Waals surface area contributed by atoms with Crippen LogP contribution in [0.2, 0.25) is 0 Å². The lowest BCUT2D eigenvalue weighted by atomic mass is 10.1. The Morgan fingerprint density at radius 2 is 2.00 bits per heavy atom. The number of nitrogens with two attached hydrogens (primary N) is 1. The van der Waals surface area contributed by atoms with E-state index < -0.39 is 11.6 Å². The normalized spacial score (nSPS) is 11.2. The SMILES string of the molecule is Cc1ccc(F)c(-c2nc3cc(Br)cc(N)c3o2)c1F. The second-order valence-corrected chi connectivity index (χ2v) is 5.33. The molecule has 0 saturated carbocycles. The van der Waals surface area contributed by atoms with Gasteiger partial charge in [-0.2, -0.15) is 0 Å². The summed E-state index contributed by atoms with van der Waals surface area (Å²) in [6.45, 7) is 1.55. The molecule has 1 heterocycles. The Balaban J connectivity index is 2.31. The predicted octanol–water partition coefficient (Wildman–Crippen LogP) is 4.43. The van der Waals surface area contributed by atoms with Crippen LogP contribution in [0.15, 0.2) is 33.2 Å². The maximum absolute atomic E-state index is 14.1.